The molecule has 0 spiro atoms. The third kappa shape index (κ3) is 3.28. The second-order valence-corrected chi connectivity index (χ2v) is 7.49. The van der Waals surface area contributed by atoms with Crippen LogP contribution in [0.2, 0.25) is 0 Å². The zero-order valence-corrected chi connectivity index (χ0v) is 15.3. The predicted octanol–water partition coefficient (Wildman–Crippen LogP) is 2.87. The van der Waals surface area contributed by atoms with E-state index in [1.165, 1.54) is 0 Å². The minimum atomic E-state index is -0.939. The van der Waals surface area contributed by atoms with Crippen LogP contribution < -0.4 is 0 Å². The molecule has 0 aromatic heterocycles. The Morgan fingerprint density at radius 2 is 1.14 bits per heavy atom. The summed E-state index contributed by atoms with van der Waals surface area (Å²) in [5.74, 6) is -3.34. The molecule has 148 valence electrons. The van der Waals surface area contributed by atoms with E-state index >= 15 is 0 Å². The van der Waals surface area contributed by atoms with Gasteiger partial charge >= 0.3 is 11.9 Å². The number of benzene rings is 1. The first kappa shape index (κ1) is 18.6. The molecule has 1 heterocycles. The molecule has 0 saturated heterocycles. The molecule has 2 fully saturated rings. The lowest BCUT2D eigenvalue weighted by Gasteiger charge is -2.16. The Hall–Kier alpha value is -2.74. The lowest BCUT2D eigenvalue weighted by molar-refractivity contribution is -0.0327. The lowest BCUT2D eigenvalue weighted by Crippen LogP contribution is -2.25. The van der Waals surface area contributed by atoms with Crippen molar-refractivity contribution in [3.8, 4) is 0 Å². The van der Waals surface area contributed by atoms with Crippen LogP contribution in [0, 0.1) is 0 Å². The van der Waals surface area contributed by atoms with E-state index in [9.17, 15) is 24.4 Å². The van der Waals surface area contributed by atoms with Gasteiger partial charge in [0, 0.05) is 0 Å². The average Bonchev–Trinajstić information content (AvgIpc) is 3.42. The number of nitrogens with zero attached hydrogens (tertiary/aromatic N) is 1. The maximum atomic E-state index is 12.7. The summed E-state index contributed by atoms with van der Waals surface area (Å²) in [6, 6.07) is 2.29. The van der Waals surface area contributed by atoms with E-state index < -0.39 is 23.8 Å². The van der Waals surface area contributed by atoms with Crippen LogP contribution in [0.15, 0.2) is 12.1 Å². The number of imide groups is 1. The first-order chi connectivity index (χ1) is 13.5. The largest absolute Gasteiger partial charge is 0.459 e. The number of hydroxylamine groups is 2. The van der Waals surface area contributed by atoms with Crippen LogP contribution in [0.1, 0.15) is 92.8 Å². The van der Waals surface area contributed by atoms with Crippen molar-refractivity contribution in [2.24, 2.45) is 0 Å². The minimum Gasteiger partial charge on any atom is -0.459 e. The Bertz CT molecular complexity index is 781. The molecule has 0 bridgehead atoms. The van der Waals surface area contributed by atoms with Gasteiger partial charge in [0.1, 0.15) is 12.2 Å². The Morgan fingerprint density at radius 3 is 1.50 bits per heavy atom. The third-order valence-electron chi connectivity index (χ3n) is 5.59. The molecule has 1 N–H and O–H groups in total. The third-order valence-corrected chi connectivity index (χ3v) is 5.59. The number of carbonyl (C=O) groups is 4. The quantitative estimate of drug-likeness (QED) is 0.480. The molecular weight excluding hydrogens is 366 g/mol. The number of ether oxygens (including phenoxy) is 2. The summed E-state index contributed by atoms with van der Waals surface area (Å²) in [5, 5.41) is 9.58. The van der Waals surface area contributed by atoms with Gasteiger partial charge in [-0.3, -0.25) is 14.8 Å². The molecule has 2 saturated carbocycles. The van der Waals surface area contributed by atoms with Gasteiger partial charge in [0.25, 0.3) is 11.8 Å². The highest BCUT2D eigenvalue weighted by Crippen LogP contribution is 2.29. The van der Waals surface area contributed by atoms with Crippen LogP contribution in [0.5, 0.6) is 0 Å². The molecule has 2 aliphatic carbocycles. The molecule has 0 unspecified atom stereocenters. The summed E-state index contributed by atoms with van der Waals surface area (Å²) in [6.45, 7) is 0. The fraction of sp³-hybridized carbons (Fsp3) is 0.500. The second-order valence-electron chi connectivity index (χ2n) is 7.49. The molecule has 0 radical (unpaired) electrons. The minimum absolute atomic E-state index is 0.0250. The van der Waals surface area contributed by atoms with Gasteiger partial charge in [0.2, 0.25) is 0 Å². The zero-order chi connectivity index (χ0) is 19.8. The monoisotopic (exact) mass is 387 g/mol. The van der Waals surface area contributed by atoms with Crippen LogP contribution in [0.4, 0.5) is 0 Å². The van der Waals surface area contributed by atoms with Crippen molar-refractivity contribution in [1.29, 1.82) is 0 Å². The van der Waals surface area contributed by atoms with E-state index in [1.54, 1.807) is 0 Å². The molecule has 3 aliphatic rings. The number of amides is 2. The van der Waals surface area contributed by atoms with Gasteiger partial charge in [0.05, 0.1) is 22.3 Å². The molecule has 0 atom stereocenters. The smallest absolute Gasteiger partial charge is 0.339 e. The summed E-state index contributed by atoms with van der Waals surface area (Å²) in [6.07, 6.45) is 6.39. The normalized spacial score (nSPS) is 20.0. The zero-order valence-electron chi connectivity index (χ0n) is 15.3. The Balaban J connectivity index is 1.69. The van der Waals surface area contributed by atoms with Gasteiger partial charge in [-0.05, 0) is 63.5 Å². The highest BCUT2D eigenvalue weighted by atomic mass is 16.6. The Morgan fingerprint density at radius 1 is 0.786 bits per heavy atom. The van der Waals surface area contributed by atoms with Crippen molar-refractivity contribution >= 4 is 23.8 Å². The van der Waals surface area contributed by atoms with E-state index in [-0.39, 0.29) is 39.5 Å². The maximum Gasteiger partial charge on any atom is 0.339 e. The van der Waals surface area contributed by atoms with Crippen LogP contribution in [0.25, 0.3) is 0 Å². The van der Waals surface area contributed by atoms with Crippen LogP contribution in [-0.2, 0) is 9.47 Å². The van der Waals surface area contributed by atoms with Gasteiger partial charge in [-0.1, -0.05) is 0 Å². The van der Waals surface area contributed by atoms with E-state index in [2.05, 4.69) is 0 Å². The summed E-state index contributed by atoms with van der Waals surface area (Å²) in [4.78, 5) is 49.6. The average molecular weight is 387 g/mol. The number of rotatable bonds is 4. The van der Waals surface area contributed by atoms with Crippen LogP contribution in [0.3, 0.4) is 0 Å². The van der Waals surface area contributed by atoms with E-state index in [0.29, 0.717) is 0 Å². The molecular formula is C20H21NO7. The van der Waals surface area contributed by atoms with Crippen LogP contribution >= 0.6 is 0 Å². The fourth-order valence-corrected chi connectivity index (χ4v) is 4.05. The number of esters is 2. The number of fused-ring (bicyclic) bond motifs is 1. The molecule has 2 amide bonds. The summed E-state index contributed by atoms with van der Waals surface area (Å²) < 4.78 is 11.0. The van der Waals surface area contributed by atoms with Gasteiger partial charge in [-0.15, -0.1) is 5.06 Å². The van der Waals surface area contributed by atoms with Crippen molar-refractivity contribution in [2.75, 3.05) is 0 Å². The fourth-order valence-electron chi connectivity index (χ4n) is 4.05. The molecule has 1 aromatic carbocycles. The van der Waals surface area contributed by atoms with Crippen molar-refractivity contribution < 1.29 is 33.9 Å². The Labute approximate surface area is 161 Å². The molecule has 4 rings (SSSR count). The van der Waals surface area contributed by atoms with Gasteiger partial charge in [-0.2, -0.15) is 0 Å². The first-order valence-electron chi connectivity index (χ1n) is 9.63. The highest BCUT2D eigenvalue weighted by molar-refractivity contribution is 6.22. The molecule has 8 nitrogen and oxygen atoms in total. The lowest BCUT2D eigenvalue weighted by atomic mass is 9.99. The van der Waals surface area contributed by atoms with Gasteiger partial charge in [0.15, 0.2) is 0 Å². The predicted molar refractivity (Wildman–Crippen MR) is 94.1 cm³/mol. The van der Waals surface area contributed by atoms with E-state index in [0.717, 1.165) is 63.5 Å². The molecule has 1 aromatic rings. The molecule has 1 aliphatic heterocycles. The first-order valence-corrected chi connectivity index (χ1v) is 9.63. The maximum absolute atomic E-state index is 12.7. The van der Waals surface area contributed by atoms with Crippen molar-refractivity contribution in [2.45, 2.75) is 63.6 Å². The van der Waals surface area contributed by atoms with Crippen molar-refractivity contribution in [3.05, 3.63) is 34.4 Å². The van der Waals surface area contributed by atoms with E-state index in [1.807, 2.05) is 0 Å². The molecule has 28 heavy (non-hydrogen) atoms. The van der Waals surface area contributed by atoms with Crippen molar-refractivity contribution in [3.63, 3.8) is 0 Å². The van der Waals surface area contributed by atoms with Crippen molar-refractivity contribution in [1.82, 2.24) is 5.06 Å². The SMILES string of the molecule is O=C(OC1CCCC1)c1cc2c(cc1C(=O)OC1CCCC1)C(=O)N(O)C2=O. The summed E-state index contributed by atoms with van der Waals surface area (Å²) >= 11 is 0. The number of carbonyl (C=O) groups excluding carboxylic acids is 4. The molecule has 8 heteroatoms. The van der Waals surface area contributed by atoms with E-state index in [4.69, 9.17) is 9.47 Å². The highest BCUT2D eigenvalue weighted by Gasteiger charge is 2.38. The van der Waals surface area contributed by atoms with Gasteiger partial charge < -0.3 is 9.47 Å². The summed E-state index contributed by atoms with van der Waals surface area (Å²) in [7, 11) is 0. The number of hydrogen-bond donors (Lipinski definition) is 1. The standard InChI is InChI=1S/C20H21NO7/c22-17-13-9-15(19(24)27-11-5-1-2-6-11)16(10-14(13)18(23)21(17)26)20(25)28-12-7-3-4-8-12/h9-12,26H,1-8H2. The summed E-state index contributed by atoms with van der Waals surface area (Å²) in [5.41, 5.74) is -0.512. The van der Waals surface area contributed by atoms with Gasteiger partial charge in [-0.25, -0.2) is 9.59 Å². The Kier molecular flexibility index (Phi) is 4.89. The topological polar surface area (TPSA) is 110 Å². The number of hydrogen-bond acceptors (Lipinski definition) is 7. The van der Waals surface area contributed by atoms with Crippen LogP contribution in [-0.4, -0.2) is 46.2 Å². The second kappa shape index (κ2) is 7.35.